The zero-order valence-electron chi connectivity index (χ0n) is 14.0. The normalized spacial score (nSPS) is 11.0. The molecule has 0 bridgehead atoms. The van der Waals surface area contributed by atoms with Gasteiger partial charge in [0, 0.05) is 23.8 Å². The predicted octanol–water partition coefficient (Wildman–Crippen LogP) is 2.91. The maximum atomic E-state index is 12.5. The molecular weight excluding hydrogens is 330 g/mol. The van der Waals surface area contributed by atoms with Crippen molar-refractivity contribution in [2.45, 2.75) is 13.5 Å². The fourth-order valence-electron chi connectivity index (χ4n) is 2.82. The van der Waals surface area contributed by atoms with E-state index in [1.807, 2.05) is 37.3 Å². The van der Waals surface area contributed by atoms with Crippen molar-refractivity contribution < 1.29 is 9.53 Å². The first-order chi connectivity index (χ1) is 12.6. The van der Waals surface area contributed by atoms with Gasteiger partial charge in [-0.25, -0.2) is 9.78 Å². The highest BCUT2D eigenvalue weighted by molar-refractivity contribution is 6.03. The Hall–Kier alpha value is -3.54. The van der Waals surface area contributed by atoms with E-state index in [-0.39, 0.29) is 12.2 Å². The van der Waals surface area contributed by atoms with Gasteiger partial charge in [0.2, 0.25) is 0 Å². The first kappa shape index (κ1) is 16.0. The van der Waals surface area contributed by atoms with E-state index in [4.69, 9.17) is 4.74 Å². The number of aryl methyl sites for hydroxylation is 1. The van der Waals surface area contributed by atoms with Gasteiger partial charge in [0.25, 0.3) is 5.56 Å². The monoisotopic (exact) mass is 345 g/mol. The minimum absolute atomic E-state index is 0.0743. The molecule has 128 valence electrons. The van der Waals surface area contributed by atoms with Crippen molar-refractivity contribution in [2.75, 3.05) is 0 Å². The van der Waals surface area contributed by atoms with Crippen LogP contribution >= 0.6 is 0 Å². The second-order valence-corrected chi connectivity index (χ2v) is 5.97. The highest BCUT2D eigenvalue weighted by Gasteiger charge is 2.13. The standard InChI is InChI=1S/C20H15N3O3/c1-13-6-7-18-22-14(10-19(24)23(18)11-13)12-26-20(25)16-8-9-21-17-5-3-2-4-15(16)17/h2-11H,12H2,1H3. The third-order valence-corrected chi connectivity index (χ3v) is 4.08. The first-order valence-electron chi connectivity index (χ1n) is 8.12. The van der Waals surface area contributed by atoms with Crippen molar-refractivity contribution in [3.63, 3.8) is 0 Å². The van der Waals surface area contributed by atoms with Crippen LogP contribution in [0.3, 0.4) is 0 Å². The van der Waals surface area contributed by atoms with Crippen LogP contribution in [0.25, 0.3) is 16.6 Å². The largest absolute Gasteiger partial charge is 0.456 e. The predicted molar refractivity (Wildman–Crippen MR) is 97.1 cm³/mol. The highest BCUT2D eigenvalue weighted by Crippen LogP contribution is 2.17. The maximum Gasteiger partial charge on any atom is 0.339 e. The molecule has 6 nitrogen and oxygen atoms in total. The number of esters is 1. The Labute approximate surface area is 148 Å². The molecule has 4 rings (SSSR count). The van der Waals surface area contributed by atoms with Gasteiger partial charge >= 0.3 is 5.97 Å². The molecule has 0 amide bonds. The van der Waals surface area contributed by atoms with E-state index < -0.39 is 5.97 Å². The van der Waals surface area contributed by atoms with Gasteiger partial charge in [-0.2, -0.15) is 0 Å². The van der Waals surface area contributed by atoms with Crippen LogP contribution in [0.4, 0.5) is 0 Å². The highest BCUT2D eigenvalue weighted by atomic mass is 16.5. The third kappa shape index (κ3) is 2.93. The Morgan fingerprint density at radius 1 is 1.15 bits per heavy atom. The number of rotatable bonds is 3. The topological polar surface area (TPSA) is 73.6 Å². The molecule has 0 N–H and O–H groups in total. The quantitative estimate of drug-likeness (QED) is 0.534. The lowest BCUT2D eigenvalue weighted by atomic mass is 10.1. The molecule has 0 fully saturated rings. The molecule has 0 aliphatic rings. The third-order valence-electron chi connectivity index (χ3n) is 4.08. The van der Waals surface area contributed by atoms with Crippen LogP contribution in [0, 0.1) is 6.92 Å². The fourth-order valence-corrected chi connectivity index (χ4v) is 2.82. The lowest BCUT2D eigenvalue weighted by Crippen LogP contribution is -2.17. The summed E-state index contributed by atoms with van der Waals surface area (Å²) < 4.78 is 6.84. The van der Waals surface area contributed by atoms with Crippen molar-refractivity contribution in [1.29, 1.82) is 0 Å². The van der Waals surface area contributed by atoms with Crippen LogP contribution in [-0.2, 0) is 11.3 Å². The van der Waals surface area contributed by atoms with Gasteiger partial charge in [0.15, 0.2) is 0 Å². The molecule has 4 aromatic rings. The molecule has 26 heavy (non-hydrogen) atoms. The van der Waals surface area contributed by atoms with E-state index in [1.165, 1.54) is 10.5 Å². The summed E-state index contributed by atoms with van der Waals surface area (Å²) in [5, 5.41) is 0.724. The van der Waals surface area contributed by atoms with E-state index >= 15 is 0 Å². The number of carbonyl (C=O) groups is 1. The van der Waals surface area contributed by atoms with Crippen molar-refractivity contribution in [3.05, 3.63) is 88.1 Å². The average molecular weight is 345 g/mol. The minimum Gasteiger partial charge on any atom is -0.456 e. The van der Waals surface area contributed by atoms with Crippen molar-refractivity contribution in [1.82, 2.24) is 14.4 Å². The molecule has 0 saturated carbocycles. The smallest absolute Gasteiger partial charge is 0.339 e. The summed E-state index contributed by atoms with van der Waals surface area (Å²) in [6, 6.07) is 14.0. The summed E-state index contributed by atoms with van der Waals surface area (Å²) in [6.45, 7) is 1.83. The second kappa shape index (κ2) is 6.40. The summed E-state index contributed by atoms with van der Waals surface area (Å²) >= 11 is 0. The van der Waals surface area contributed by atoms with E-state index in [2.05, 4.69) is 9.97 Å². The Bertz CT molecular complexity index is 1190. The molecular formula is C20H15N3O3. The first-order valence-corrected chi connectivity index (χ1v) is 8.12. The molecule has 0 radical (unpaired) electrons. The van der Waals surface area contributed by atoms with Crippen molar-refractivity contribution in [3.8, 4) is 0 Å². The van der Waals surface area contributed by atoms with E-state index in [0.717, 1.165) is 16.5 Å². The maximum absolute atomic E-state index is 12.5. The van der Waals surface area contributed by atoms with Gasteiger partial charge in [-0.3, -0.25) is 14.2 Å². The number of nitrogens with zero attached hydrogens (tertiary/aromatic N) is 3. The summed E-state index contributed by atoms with van der Waals surface area (Å²) in [6.07, 6.45) is 3.30. The van der Waals surface area contributed by atoms with Crippen LogP contribution in [0.1, 0.15) is 21.6 Å². The molecule has 0 unspecified atom stereocenters. The summed E-state index contributed by atoms with van der Waals surface area (Å²) in [4.78, 5) is 33.3. The molecule has 0 spiro atoms. The van der Waals surface area contributed by atoms with Crippen LogP contribution in [0.5, 0.6) is 0 Å². The van der Waals surface area contributed by atoms with Crippen LogP contribution in [0.2, 0.25) is 0 Å². The molecule has 0 aliphatic carbocycles. The van der Waals surface area contributed by atoms with Crippen LogP contribution in [-0.4, -0.2) is 20.3 Å². The van der Waals surface area contributed by atoms with E-state index in [9.17, 15) is 9.59 Å². The molecule has 1 aromatic carbocycles. The Kier molecular flexibility index (Phi) is 3.93. The summed E-state index contributed by atoms with van der Waals surface area (Å²) in [7, 11) is 0. The molecule has 0 saturated heterocycles. The second-order valence-electron chi connectivity index (χ2n) is 5.97. The van der Waals surface area contributed by atoms with E-state index in [0.29, 0.717) is 16.9 Å². The minimum atomic E-state index is -0.477. The number of aromatic nitrogens is 3. The van der Waals surface area contributed by atoms with E-state index in [1.54, 1.807) is 24.5 Å². The number of hydrogen-bond donors (Lipinski definition) is 0. The van der Waals surface area contributed by atoms with Gasteiger partial charge in [0.05, 0.1) is 16.8 Å². The number of hydrogen-bond acceptors (Lipinski definition) is 5. The molecule has 3 heterocycles. The van der Waals surface area contributed by atoms with Crippen molar-refractivity contribution >= 4 is 22.5 Å². The zero-order chi connectivity index (χ0) is 18.1. The van der Waals surface area contributed by atoms with Gasteiger partial charge in [0.1, 0.15) is 12.3 Å². The molecule has 6 heteroatoms. The number of benzene rings is 1. The molecule has 3 aromatic heterocycles. The Morgan fingerprint density at radius 3 is 2.88 bits per heavy atom. The number of ether oxygens (including phenoxy) is 1. The van der Waals surface area contributed by atoms with Crippen LogP contribution < -0.4 is 5.56 Å². The zero-order valence-corrected chi connectivity index (χ0v) is 14.0. The van der Waals surface area contributed by atoms with Gasteiger partial charge in [-0.15, -0.1) is 0 Å². The Morgan fingerprint density at radius 2 is 2.00 bits per heavy atom. The Balaban J connectivity index is 1.60. The summed E-state index contributed by atoms with van der Waals surface area (Å²) in [5.74, 6) is -0.477. The van der Waals surface area contributed by atoms with Gasteiger partial charge < -0.3 is 4.74 Å². The average Bonchev–Trinajstić information content (AvgIpc) is 2.66. The number of fused-ring (bicyclic) bond motifs is 2. The number of para-hydroxylation sites is 1. The number of carbonyl (C=O) groups excluding carboxylic acids is 1. The molecule has 0 aliphatic heterocycles. The number of pyridine rings is 2. The van der Waals surface area contributed by atoms with Gasteiger partial charge in [-0.1, -0.05) is 24.3 Å². The lowest BCUT2D eigenvalue weighted by molar-refractivity contribution is 0.0470. The fraction of sp³-hybridized carbons (Fsp3) is 0.100. The van der Waals surface area contributed by atoms with Gasteiger partial charge in [-0.05, 0) is 30.7 Å². The molecule has 0 atom stereocenters. The van der Waals surface area contributed by atoms with Crippen molar-refractivity contribution in [2.24, 2.45) is 0 Å². The lowest BCUT2D eigenvalue weighted by Gasteiger charge is -2.08. The SMILES string of the molecule is Cc1ccc2nc(COC(=O)c3ccnc4ccccc34)cc(=O)n2c1. The van der Waals surface area contributed by atoms with Crippen LogP contribution in [0.15, 0.2) is 65.7 Å². The summed E-state index contributed by atoms with van der Waals surface area (Å²) in [5.41, 5.74) is 2.83.